The predicted octanol–water partition coefficient (Wildman–Crippen LogP) is 2.47. The van der Waals surface area contributed by atoms with E-state index in [1.807, 2.05) is 0 Å². The number of likely N-dealkylation sites (N-methyl/N-ethyl adjacent to an activating group) is 1. The number of benzene rings is 1. The van der Waals surface area contributed by atoms with Crippen molar-refractivity contribution in [2.75, 3.05) is 44.7 Å². The van der Waals surface area contributed by atoms with Crippen LogP contribution in [-0.4, -0.2) is 49.8 Å². The summed E-state index contributed by atoms with van der Waals surface area (Å²) in [5.41, 5.74) is 2.23. The number of nitrogens with zero attached hydrogens (tertiary/aromatic N) is 2. The maximum atomic E-state index is 9.45. The van der Waals surface area contributed by atoms with Gasteiger partial charge in [0, 0.05) is 36.1 Å². The van der Waals surface area contributed by atoms with Crippen molar-refractivity contribution >= 4 is 21.6 Å². The first-order chi connectivity index (χ1) is 8.94. The standard InChI is InChI=1S/C15H23BrN2O/c1-15(2,11-19)12-4-5-14(13(16)10-12)18-8-6-17(3)7-9-18/h4-5,10,19H,6-9,11H2,1-3H3. The zero-order valence-corrected chi connectivity index (χ0v) is 13.6. The Kier molecular flexibility index (Phi) is 4.54. The van der Waals surface area contributed by atoms with Gasteiger partial charge in [0.15, 0.2) is 0 Å². The molecule has 0 atom stereocenters. The third-order valence-corrected chi connectivity index (χ3v) is 4.60. The molecule has 0 radical (unpaired) electrons. The topological polar surface area (TPSA) is 26.7 Å². The minimum Gasteiger partial charge on any atom is -0.395 e. The fourth-order valence-corrected chi connectivity index (χ4v) is 2.95. The van der Waals surface area contributed by atoms with E-state index in [-0.39, 0.29) is 12.0 Å². The van der Waals surface area contributed by atoms with Crippen molar-refractivity contribution in [2.45, 2.75) is 19.3 Å². The van der Waals surface area contributed by atoms with E-state index in [1.54, 1.807) is 0 Å². The Balaban J connectivity index is 2.20. The molecule has 0 amide bonds. The number of aliphatic hydroxyl groups is 1. The molecule has 0 spiro atoms. The molecule has 0 aromatic heterocycles. The Morgan fingerprint density at radius 3 is 2.37 bits per heavy atom. The van der Waals surface area contributed by atoms with Gasteiger partial charge in [0.05, 0.1) is 12.3 Å². The Morgan fingerprint density at radius 2 is 1.84 bits per heavy atom. The number of rotatable bonds is 3. The average molecular weight is 327 g/mol. The van der Waals surface area contributed by atoms with E-state index < -0.39 is 0 Å². The molecule has 106 valence electrons. The van der Waals surface area contributed by atoms with Crippen LogP contribution in [0.3, 0.4) is 0 Å². The molecule has 2 rings (SSSR count). The minimum absolute atomic E-state index is 0.160. The van der Waals surface area contributed by atoms with Gasteiger partial charge in [-0.2, -0.15) is 0 Å². The summed E-state index contributed by atoms with van der Waals surface area (Å²) in [6.07, 6.45) is 0. The normalized spacial score (nSPS) is 17.8. The van der Waals surface area contributed by atoms with Crippen molar-refractivity contribution in [1.29, 1.82) is 0 Å². The number of halogens is 1. The second kappa shape index (κ2) is 5.81. The third-order valence-electron chi connectivity index (χ3n) is 3.97. The number of aliphatic hydroxyl groups excluding tert-OH is 1. The number of anilines is 1. The number of hydrogen-bond acceptors (Lipinski definition) is 3. The van der Waals surface area contributed by atoms with E-state index in [9.17, 15) is 5.11 Å². The third kappa shape index (κ3) is 3.30. The quantitative estimate of drug-likeness (QED) is 0.924. The summed E-state index contributed by atoms with van der Waals surface area (Å²) in [5.74, 6) is 0. The van der Waals surface area contributed by atoms with Gasteiger partial charge in [0.25, 0.3) is 0 Å². The van der Waals surface area contributed by atoms with E-state index in [0.29, 0.717) is 0 Å². The van der Waals surface area contributed by atoms with Gasteiger partial charge in [0.2, 0.25) is 0 Å². The largest absolute Gasteiger partial charge is 0.395 e. The van der Waals surface area contributed by atoms with E-state index in [2.05, 4.69) is 64.8 Å². The summed E-state index contributed by atoms with van der Waals surface area (Å²) in [6, 6.07) is 6.45. The number of hydrogen-bond donors (Lipinski definition) is 1. The van der Waals surface area contributed by atoms with Crippen LogP contribution in [0.2, 0.25) is 0 Å². The van der Waals surface area contributed by atoms with Crippen molar-refractivity contribution in [1.82, 2.24) is 4.90 Å². The molecule has 1 fully saturated rings. The van der Waals surface area contributed by atoms with Crippen molar-refractivity contribution in [2.24, 2.45) is 0 Å². The Morgan fingerprint density at radius 1 is 1.21 bits per heavy atom. The van der Waals surface area contributed by atoms with Gasteiger partial charge < -0.3 is 14.9 Å². The highest BCUT2D eigenvalue weighted by atomic mass is 79.9. The minimum atomic E-state index is -0.191. The van der Waals surface area contributed by atoms with Crippen LogP contribution in [0.1, 0.15) is 19.4 Å². The lowest BCUT2D eigenvalue weighted by atomic mass is 9.85. The lowest BCUT2D eigenvalue weighted by molar-refractivity contribution is 0.218. The van der Waals surface area contributed by atoms with Crippen LogP contribution in [-0.2, 0) is 5.41 Å². The average Bonchev–Trinajstić information content (AvgIpc) is 2.40. The van der Waals surface area contributed by atoms with Crippen LogP contribution in [0, 0.1) is 0 Å². The van der Waals surface area contributed by atoms with Gasteiger partial charge in [-0.1, -0.05) is 19.9 Å². The van der Waals surface area contributed by atoms with Crippen LogP contribution in [0.5, 0.6) is 0 Å². The van der Waals surface area contributed by atoms with Gasteiger partial charge in [0.1, 0.15) is 0 Å². The van der Waals surface area contributed by atoms with Gasteiger partial charge in [-0.25, -0.2) is 0 Å². The molecule has 1 aromatic carbocycles. The summed E-state index contributed by atoms with van der Waals surface area (Å²) in [4.78, 5) is 4.77. The summed E-state index contributed by atoms with van der Waals surface area (Å²) < 4.78 is 1.12. The zero-order valence-electron chi connectivity index (χ0n) is 12.0. The fourth-order valence-electron chi connectivity index (χ4n) is 2.32. The van der Waals surface area contributed by atoms with Crippen molar-refractivity contribution in [3.05, 3.63) is 28.2 Å². The van der Waals surface area contributed by atoms with Crippen LogP contribution in [0.4, 0.5) is 5.69 Å². The van der Waals surface area contributed by atoms with Crippen molar-refractivity contribution < 1.29 is 5.11 Å². The van der Waals surface area contributed by atoms with Crippen LogP contribution in [0.15, 0.2) is 22.7 Å². The first-order valence-electron chi connectivity index (χ1n) is 6.78. The molecule has 3 nitrogen and oxygen atoms in total. The molecule has 19 heavy (non-hydrogen) atoms. The highest BCUT2D eigenvalue weighted by Gasteiger charge is 2.22. The molecule has 1 aromatic rings. The molecule has 1 heterocycles. The second-order valence-electron chi connectivity index (χ2n) is 6.00. The van der Waals surface area contributed by atoms with E-state index in [1.165, 1.54) is 11.3 Å². The molecule has 1 N–H and O–H groups in total. The zero-order chi connectivity index (χ0) is 14.0. The van der Waals surface area contributed by atoms with Crippen molar-refractivity contribution in [3.8, 4) is 0 Å². The monoisotopic (exact) mass is 326 g/mol. The van der Waals surface area contributed by atoms with Gasteiger partial charge >= 0.3 is 0 Å². The highest BCUT2D eigenvalue weighted by Crippen LogP contribution is 2.32. The summed E-state index contributed by atoms with van der Waals surface area (Å²) in [7, 11) is 2.17. The van der Waals surface area contributed by atoms with Gasteiger partial charge in [-0.15, -0.1) is 0 Å². The lowest BCUT2D eigenvalue weighted by Crippen LogP contribution is -2.44. The van der Waals surface area contributed by atoms with Crippen LogP contribution < -0.4 is 4.90 Å². The maximum absolute atomic E-state index is 9.45. The molecular formula is C15H23BrN2O. The number of piperazine rings is 1. The molecule has 1 aliphatic rings. The van der Waals surface area contributed by atoms with Crippen LogP contribution >= 0.6 is 15.9 Å². The summed E-state index contributed by atoms with van der Waals surface area (Å²) in [6.45, 7) is 8.63. The first kappa shape index (κ1) is 14.8. The molecule has 1 saturated heterocycles. The Bertz CT molecular complexity index is 440. The molecule has 1 aliphatic heterocycles. The molecule has 0 unspecified atom stereocenters. The van der Waals surface area contributed by atoms with Crippen molar-refractivity contribution in [3.63, 3.8) is 0 Å². The maximum Gasteiger partial charge on any atom is 0.0522 e. The summed E-state index contributed by atoms with van der Waals surface area (Å²) >= 11 is 3.68. The van der Waals surface area contributed by atoms with Gasteiger partial charge in [-0.05, 0) is 40.7 Å². The Labute approximate surface area is 124 Å². The van der Waals surface area contributed by atoms with E-state index in [4.69, 9.17) is 0 Å². The fraction of sp³-hybridized carbons (Fsp3) is 0.600. The van der Waals surface area contributed by atoms with E-state index in [0.717, 1.165) is 30.7 Å². The molecule has 0 bridgehead atoms. The van der Waals surface area contributed by atoms with Crippen LogP contribution in [0.25, 0.3) is 0 Å². The molecule has 4 heteroatoms. The molecule has 0 saturated carbocycles. The molecular weight excluding hydrogens is 304 g/mol. The highest BCUT2D eigenvalue weighted by molar-refractivity contribution is 9.10. The summed E-state index contributed by atoms with van der Waals surface area (Å²) in [5, 5.41) is 9.45. The lowest BCUT2D eigenvalue weighted by Gasteiger charge is -2.35. The smallest absolute Gasteiger partial charge is 0.0522 e. The second-order valence-corrected chi connectivity index (χ2v) is 6.85. The Hall–Kier alpha value is -0.580. The predicted molar refractivity (Wildman–Crippen MR) is 84.0 cm³/mol. The SMILES string of the molecule is CN1CCN(c2ccc(C(C)(C)CO)cc2Br)CC1. The van der Waals surface area contributed by atoms with Gasteiger partial charge in [-0.3, -0.25) is 0 Å². The first-order valence-corrected chi connectivity index (χ1v) is 7.58. The molecule has 0 aliphatic carbocycles. The van der Waals surface area contributed by atoms with E-state index >= 15 is 0 Å².